The van der Waals surface area contributed by atoms with Gasteiger partial charge in [-0.25, -0.2) is 9.80 Å². The van der Waals surface area contributed by atoms with Gasteiger partial charge in [-0.15, -0.1) is 0 Å². The highest BCUT2D eigenvalue weighted by Gasteiger charge is 2.44. The molecule has 0 spiro atoms. The number of Topliss-reactive ketones (excluding diaryl/α,β-unsaturated/α-hetero) is 1. The maximum absolute atomic E-state index is 13.2. The molecule has 2 fully saturated rings. The van der Waals surface area contributed by atoms with Gasteiger partial charge in [0, 0.05) is 13.0 Å². The van der Waals surface area contributed by atoms with E-state index < -0.39 is 42.4 Å². The van der Waals surface area contributed by atoms with Crippen molar-refractivity contribution in [3.8, 4) is 0 Å². The molecule has 190 valence electrons. The molecular formula is C23H28Cl2N4O6. The molecule has 3 atom stereocenters. The summed E-state index contributed by atoms with van der Waals surface area (Å²) in [4.78, 5) is 63.9. The van der Waals surface area contributed by atoms with Crippen LogP contribution in [0.5, 0.6) is 0 Å². The third-order valence-corrected chi connectivity index (χ3v) is 6.77. The predicted octanol–water partition coefficient (Wildman–Crippen LogP) is 1.73. The summed E-state index contributed by atoms with van der Waals surface area (Å²) >= 11 is 12.0. The number of nitrogens with one attached hydrogen (secondary N) is 2. The van der Waals surface area contributed by atoms with Gasteiger partial charge in [-0.2, -0.15) is 0 Å². The molecule has 10 nitrogen and oxygen atoms in total. The smallest absolute Gasteiger partial charge is 0.341 e. The molecule has 2 saturated heterocycles. The van der Waals surface area contributed by atoms with Crippen LogP contribution >= 0.6 is 23.2 Å². The molecule has 0 bridgehead atoms. The van der Waals surface area contributed by atoms with Crippen LogP contribution in [0.2, 0.25) is 10.0 Å². The number of hydrazine groups is 1. The molecule has 0 saturated carbocycles. The number of halogens is 2. The number of esters is 1. The number of fused-ring (bicyclic) bond motifs is 1. The number of ether oxygens (including phenoxy) is 1. The monoisotopic (exact) mass is 526 g/mol. The van der Waals surface area contributed by atoms with Gasteiger partial charge in [0.15, 0.2) is 12.4 Å². The first kappa shape index (κ1) is 26.9. The Bertz CT molecular complexity index is 999. The molecule has 2 N–H and O–H groups in total. The topological polar surface area (TPSA) is 125 Å². The second-order valence-corrected chi connectivity index (χ2v) is 9.16. The van der Waals surface area contributed by atoms with Crippen LogP contribution in [0.3, 0.4) is 0 Å². The average Bonchev–Trinajstić information content (AvgIpc) is 2.96. The minimum Gasteiger partial charge on any atom is -0.454 e. The van der Waals surface area contributed by atoms with Gasteiger partial charge in [-0.05, 0) is 44.9 Å². The highest BCUT2D eigenvalue weighted by molar-refractivity contribution is 6.39. The highest BCUT2D eigenvalue weighted by Crippen LogP contribution is 2.26. The molecule has 1 aromatic rings. The van der Waals surface area contributed by atoms with Crippen LogP contribution in [0.4, 0.5) is 0 Å². The maximum atomic E-state index is 13.2. The molecule has 0 aliphatic carbocycles. The van der Waals surface area contributed by atoms with E-state index in [-0.39, 0.29) is 40.3 Å². The zero-order valence-corrected chi connectivity index (χ0v) is 21.0. The van der Waals surface area contributed by atoms with Crippen LogP contribution in [-0.2, 0) is 23.9 Å². The van der Waals surface area contributed by atoms with Gasteiger partial charge >= 0.3 is 5.97 Å². The van der Waals surface area contributed by atoms with Crippen molar-refractivity contribution in [3.63, 3.8) is 0 Å². The summed E-state index contributed by atoms with van der Waals surface area (Å²) < 4.78 is 5.09. The van der Waals surface area contributed by atoms with Crippen LogP contribution < -0.4 is 10.6 Å². The summed E-state index contributed by atoms with van der Waals surface area (Å²) in [5.41, 5.74) is -0.0496. The van der Waals surface area contributed by atoms with Gasteiger partial charge in [0.1, 0.15) is 6.04 Å². The highest BCUT2D eigenvalue weighted by atomic mass is 35.5. The molecule has 2 heterocycles. The van der Waals surface area contributed by atoms with E-state index in [2.05, 4.69) is 10.6 Å². The largest absolute Gasteiger partial charge is 0.454 e. The van der Waals surface area contributed by atoms with Crippen molar-refractivity contribution in [2.45, 2.75) is 57.2 Å². The van der Waals surface area contributed by atoms with Gasteiger partial charge in [0.25, 0.3) is 5.91 Å². The van der Waals surface area contributed by atoms with Crippen LogP contribution in [0.1, 0.15) is 49.4 Å². The lowest BCUT2D eigenvalue weighted by atomic mass is 10.0. The third kappa shape index (κ3) is 5.94. The average molecular weight is 527 g/mol. The summed E-state index contributed by atoms with van der Waals surface area (Å²) in [6, 6.07) is 2.05. The van der Waals surface area contributed by atoms with Crippen molar-refractivity contribution in [1.29, 1.82) is 0 Å². The van der Waals surface area contributed by atoms with Crippen LogP contribution in [0.25, 0.3) is 0 Å². The third-order valence-electron chi connectivity index (χ3n) is 6.14. The molecule has 3 rings (SSSR count). The Labute approximate surface area is 213 Å². The number of carbonyl (C=O) groups is 5. The standard InChI is InChI=1S/C23H28Cl2N4O6/c1-3-15(18(30)12-35-23(34)20-13(24)6-4-7-14(20)25)27-21(32)17-8-5-11-28-19(31)10-9-16(26-2)22(33)29(17)28/h4,6-7,15-17,26H,3,5,8-12H2,1-2H3,(H,27,32)/t15-,16-,17-/m0/s1. The SMILES string of the molecule is CC[C@H](NC(=O)[C@@H]1CCCN2C(=O)CC[C@H](NC)C(=O)N12)C(=O)COC(=O)c1c(Cl)cccc1Cl. The van der Waals surface area contributed by atoms with E-state index >= 15 is 0 Å². The van der Waals surface area contributed by atoms with Gasteiger partial charge in [0.2, 0.25) is 11.8 Å². The number of amides is 3. The number of carbonyl (C=O) groups excluding carboxylic acids is 5. The fourth-order valence-electron chi connectivity index (χ4n) is 4.22. The fourth-order valence-corrected chi connectivity index (χ4v) is 4.77. The summed E-state index contributed by atoms with van der Waals surface area (Å²) in [7, 11) is 1.63. The summed E-state index contributed by atoms with van der Waals surface area (Å²) in [5.74, 6) is -2.51. The fraction of sp³-hybridized carbons (Fsp3) is 0.522. The second-order valence-electron chi connectivity index (χ2n) is 8.35. The molecule has 12 heteroatoms. The molecule has 2 aliphatic heterocycles. The molecular weight excluding hydrogens is 499 g/mol. The summed E-state index contributed by atoms with van der Waals surface area (Å²) in [5, 5.41) is 8.31. The first-order valence-corrected chi connectivity index (χ1v) is 12.2. The molecule has 35 heavy (non-hydrogen) atoms. The Morgan fingerprint density at radius 3 is 2.49 bits per heavy atom. The lowest BCUT2D eigenvalue weighted by molar-refractivity contribution is -0.176. The molecule has 1 aromatic carbocycles. The van der Waals surface area contributed by atoms with Crippen molar-refractivity contribution >= 4 is 52.7 Å². The van der Waals surface area contributed by atoms with E-state index in [1.54, 1.807) is 20.0 Å². The zero-order chi connectivity index (χ0) is 25.7. The van der Waals surface area contributed by atoms with Crippen molar-refractivity contribution in [1.82, 2.24) is 20.7 Å². The molecule has 0 aromatic heterocycles. The van der Waals surface area contributed by atoms with Crippen molar-refractivity contribution < 1.29 is 28.7 Å². The van der Waals surface area contributed by atoms with E-state index in [1.165, 1.54) is 22.2 Å². The number of benzene rings is 1. The second kappa shape index (κ2) is 11.8. The normalized spacial score (nSPS) is 21.1. The quantitative estimate of drug-likeness (QED) is 0.494. The number of nitrogens with zero attached hydrogens (tertiary/aromatic N) is 2. The van der Waals surface area contributed by atoms with E-state index in [4.69, 9.17) is 27.9 Å². The van der Waals surface area contributed by atoms with Crippen LogP contribution in [0.15, 0.2) is 18.2 Å². The van der Waals surface area contributed by atoms with Gasteiger partial charge < -0.3 is 15.4 Å². The number of hydrogen-bond acceptors (Lipinski definition) is 7. The van der Waals surface area contributed by atoms with E-state index in [0.29, 0.717) is 25.8 Å². The van der Waals surface area contributed by atoms with E-state index in [1.807, 2.05) is 0 Å². The van der Waals surface area contributed by atoms with Gasteiger partial charge in [0.05, 0.1) is 27.7 Å². The van der Waals surface area contributed by atoms with Gasteiger partial charge in [-0.3, -0.25) is 24.2 Å². The molecule has 2 aliphatic rings. The Morgan fingerprint density at radius 1 is 1.17 bits per heavy atom. The lowest BCUT2D eigenvalue weighted by Crippen LogP contribution is -2.64. The minimum absolute atomic E-state index is 0.0496. The Morgan fingerprint density at radius 2 is 1.86 bits per heavy atom. The summed E-state index contributed by atoms with van der Waals surface area (Å²) in [6.45, 7) is 1.45. The van der Waals surface area contributed by atoms with Crippen molar-refractivity contribution in [2.24, 2.45) is 0 Å². The first-order chi connectivity index (χ1) is 16.7. The first-order valence-electron chi connectivity index (χ1n) is 11.4. The Hall–Kier alpha value is -2.69. The molecule has 0 radical (unpaired) electrons. The number of ketones is 1. The number of rotatable bonds is 8. The number of hydrogen-bond donors (Lipinski definition) is 2. The minimum atomic E-state index is -0.953. The maximum Gasteiger partial charge on any atom is 0.341 e. The molecule has 3 amide bonds. The van der Waals surface area contributed by atoms with Crippen molar-refractivity contribution in [3.05, 3.63) is 33.8 Å². The summed E-state index contributed by atoms with van der Waals surface area (Å²) in [6.07, 6.45) is 1.66. The van der Waals surface area contributed by atoms with Crippen molar-refractivity contribution in [2.75, 3.05) is 20.2 Å². The van der Waals surface area contributed by atoms with Crippen LogP contribution in [-0.4, -0.2) is 77.8 Å². The lowest BCUT2D eigenvalue weighted by Gasteiger charge is -2.43. The van der Waals surface area contributed by atoms with E-state index in [0.717, 1.165) is 0 Å². The van der Waals surface area contributed by atoms with Crippen LogP contribution in [0, 0.1) is 0 Å². The molecule has 0 unspecified atom stereocenters. The Kier molecular flexibility index (Phi) is 9.09. The van der Waals surface area contributed by atoms with E-state index in [9.17, 15) is 24.0 Å². The Balaban J connectivity index is 1.67. The predicted molar refractivity (Wildman–Crippen MR) is 128 cm³/mol. The number of likely N-dealkylation sites (N-methyl/N-ethyl adjacent to an activating group) is 1. The zero-order valence-electron chi connectivity index (χ0n) is 19.5. The van der Waals surface area contributed by atoms with Gasteiger partial charge in [-0.1, -0.05) is 36.2 Å².